The molecule has 1 aromatic rings. The largest absolute Gasteiger partial charge is 0.393 e. The minimum Gasteiger partial charge on any atom is -0.393 e. The standard InChI is InChI=1S/C15H23FN2O2/c1-11(19)8-9-17-14(20)18-10-15(2,3)12-6-4-5-7-13(12)16/h4-7,11,19H,8-10H2,1-3H3,(H2,17,18,20). The molecule has 0 radical (unpaired) electrons. The summed E-state index contributed by atoms with van der Waals surface area (Å²) in [6.07, 6.45) is 0.0644. The number of urea groups is 1. The number of aliphatic hydroxyl groups is 1. The number of hydrogen-bond donors (Lipinski definition) is 3. The van der Waals surface area contributed by atoms with E-state index in [9.17, 15) is 9.18 Å². The summed E-state index contributed by atoms with van der Waals surface area (Å²) in [6.45, 7) is 6.15. The molecule has 1 aromatic carbocycles. The summed E-state index contributed by atoms with van der Waals surface area (Å²) in [7, 11) is 0. The van der Waals surface area contributed by atoms with E-state index in [2.05, 4.69) is 10.6 Å². The fraction of sp³-hybridized carbons (Fsp3) is 0.533. The number of rotatable bonds is 6. The predicted molar refractivity (Wildman–Crippen MR) is 77.1 cm³/mol. The van der Waals surface area contributed by atoms with Crippen molar-refractivity contribution in [1.29, 1.82) is 0 Å². The summed E-state index contributed by atoms with van der Waals surface area (Å²) in [4.78, 5) is 11.6. The summed E-state index contributed by atoms with van der Waals surface area (Å²) in [5.74, 6) is -0.270. The number of nitrogens with one attached hydrogen (secondary N) is 2. The number of amides is 2. The quantitative estimate of drug-likeness (QED) is 0.749. The maximum atomic E-state index is 13.7. The monoisotopic (exact) mass is 282 g/mol. The Morgan fingerprint density at radius 1 is 1.35 bits per heavy atom. The van der Waals surface area contributed by atoms with Crippen LogP contribution >= 0.6 is 0 Å². The van der Waals surface area contributed by atoms with Crippen LogP contribution in [0.3, 0.4) is 0 Å². The third kappa shape index (κ3) is 5.17. The molecule has 0 fully saturated rings. The van der Waals surface area contributed by atoms with Crippen LogP contribution in [-0.4, -0.2) is 30.3 Å². The van der Waals surface area contributed by atoms with E-state index in [0.717, 1.165) is 0 Å². The number of carbonyl (C=O) groups excluding carboxylic acids is 1. The average molecular weight is 282 g/mol. The molecule has 20 heavy (non-hydrogen) atoms. The molecule has 0 heterocycles. The lowest BCUT2D eigenvalue weighted by atomic mass is 9.84. The summed E-state index contributed by atoms with van der Waals surface area (Å²) in [6, 6.07) is 6.26. The lowest BCUT2D eigenvalue weighted by Crippen LogP contribution is -2.43. The van der Waals surface area contributed by atoms with Crippen LogP contribution in [0.1, 0.15) is 32.8 Å². The van der Waals surface area contributed by atoms with Gasteiger partial charge in [0.05, 0.1) is 6.10 Å². The van der Waals surface area contributed by atoms with Crippen LogP contribution in [0.4, 0.5) is 9.18 Å². The van der Waals surface area contributed by atoms with Crippen LogP contribution in [0.5, 0.6) is 0 Å². The molecule has 0 saturated heterocycles. The van der Waals surface area contributed by atoms with Crippen molar-refractivity contribution in [2.24, 2.45) is 0 Å². The van der Waals surface area contributed by atoms with Gasteiger partial charge in [-0.1, -0.05) is 32.0 Å². The topological polar surface area (TPSA) is 61.4 Å². The lowest BCUT2D eigenvalue weighted by Gasteiger charge is -2.26. The van der Waals surface area contributed by atoms with Crippen LogP contribution in [0.25, 0.3) is 0 Å². The average Bonchev–Trinajstić information content (AvgIpc) is 2.36. The first-order valence-electron chi connectivity index (χ1n) is 6.77. The van der Waals surface area contributed by atoms with E-state index in [1.807, 2.05) is 13.8 Å². The number of hydrogen-bond acceptors (Lipinski definition) is 2. The van der Waals surface area contributed by atoms with Crippen molar-refractivity contribution in [2.45, 2.75) is 38.7 Å². The Morgan fingerprint density at radius 3 is 2.60 bits per heavy atom. The van der Waals surface area contributed by atoms with E-state index in [4.69, 9.17) is 5.11 Å². The molecule has 0 bridgehead atoms. The summed E-state index contributed by atoms with van der Waals surface area (Å²) >= 11 is 0. The van der Waals surface area contributed by atoms with Crippen LogP contribution < -0.4 is 10.6 Å². The van der Waals surface area contributed by atoms with Gasteiger partial charge in [-0.2, -0.15) is 0 Å². The molecule has 112 valence electrons. The van der Waals surface area contributed by atoms with Gasteiger partial charge in [-0.15, -0.1) is 0 Å². The normalized spacial score (nSPS) is 12.8. The van der Waals surface area contributed by atoms with Gasteiger partial charge in [-0.25, -0.2) is 9.18 Å². The van der Waals surface area contributed by atoms with Crippen molar-refractivity contribution >= 4 is 6.03 Å². The van der Waals surface area contributed by atoms with Crippen LogP contribution in [0, 0.1) is 5.82 Å². The van der Waals surface area contributed by atoms with E-state index in [1.165, 1.54) is 6.07 Å². The van der Waals surface area contributed by atoms with Gasteiger partial charge in [0.2, 0.25) is 0 Å². The SMILES string of the molecule is CC(O)CCNC(=O)NCC(C)(C)c1ccccc1F. The minimum atomic E-state index is -0.493. The van der Waals surface area contributed by atoms with Crippen molar-refractivity contribution < 1.29 is 14.3 Å². The molecule has 3 N–H and O–H groups in total. The Kier molecular flexibility index (Phi) is 5.95. The molecule has 0 spiro atoms. The van der Waals surface area contributed by atoms with Gasteiger partial charge in [0.1, 0.15) is 5.82 Å². The van der Waals surface area contributed by atoms with E-state index >= 15 is 0 Å². The number of benzene rings is 1. The highest BCUT2D eigenvalue weighted by atomic mass is 19.1. The van der Waals surface area contributed by atoms with Gasteiger partial charge in [0.25, 0.3) is 0 Å². The number of carbonyl (C=O) groups is 1. The van der Waals surface area contributed by atoms with E-state index in [1.54, 1.807) is 25.1 Å². The molecular formula is C15H23FN2O2. The molecular weight excluding hydrogens is 259 g/mol. The molecule has 0 aliphatic heterocycles. The Balaban J connectivity index is 2.47. The second kappa shape index (κ2) is 7.24. The molecule has 0 aliphatic carbocycles. The second-order valence-corrected chi connectivity index (χ2v) is 5.61. The smallest absolute Gasteiger partial charge is 0.314 e. The lowest BCUT2D eigenvalue weighted by molar-refractivity contribution is 0.183. The zero-order chi connectivity index (χ0) is 15.2. The molecule has 5 heteroatoms. The number of aliphatic hydroxyl groups excluding tert-OH is 1. The summed E-state index contributed by atoms with van der Waals surface area (Å²) < 4.78 is 13.7. The molecule has 0 aliphatic rings. The molecule has 1 atom stereocenters. The van der Waals surface area contributed by atoms with Gasteiger partial charge in [0.15, 0.2) is 0 Å². The van der Waals surface area contributed by atoms with Gasteiger partial charge < -0.3 is 15.7 Å². The Labute approximate surface area is 119 Å². The summed E-state index contributed by atoms with van der Waals surface area (Å²) in [5.41, 5.74) is 0.0803. The predicted octanol–water partition coefficient (Wildman–Crippen LogP) is 2.17. The van der Waals surface area contributed by atoms with Gasteiger partial charge in [0, 0.05) is 18.5 Å². The maximum absolute atomic E-state index is 13.7. The number of halogens is 1. The molecule has 4 nitrogen and oxygen atoms in total. The highest BCUT2D eigenvalue weighted by molar-refractivity contribution is 5.73. The van der Waals surface area contributed by atoms with E-state index in [0.29, 0.717) is 25.1 Å². The van der Waals surface area contributed by atoms with E-state index < -0.39 is 11.5 Å². The van der Waals surface area contributed by atoms with Gasteiger partial charge in [-0.05, 0) is 25.0 Å². The molecule has 1 rings (SSSR count). The second-order valence-electron chi connectivity index (χ2n) is 5.61. The van der Waals surface area contributed by atoms with Crippen molar-refractivity contribution in [3.63, 3.8) is 0 Å². The summed E-state index contributed by atoms with van der Waals surface area (Å²) in [5, 5.41) is 14.5. The Hall–Kier alpha value is -1.62. The van der Waals surface area contributed by atoms with Crippen LogP contribution in [0.15, 0.2) is 24.3 Å². The highest BCUT2D eigenvalue weighted by Gasteiger charge is 2.24. The van der Waals surface area contributed by atoms with Crippen molar-refractivity contribution in [2.75, 3.05) is 13.1 Å². The molecule has 2 amide bonds. The zero-order valence-corrected chi connectivity index (χ0v) is 12.2. The van der Waals surface area contributed by atoms with Crippen molar-refractivity contribution in [3.05, 3.63) is 35.6 Å². The fourth-order valence-corrected chi connectivity index (χ4v) is 1.86. The Bertz CT molecular complexity index is 447. The van der Waals surface area contributed by atoms with Crippen molar-refractivity contribution in [3.8, 4) is 0 Å². The minimum absolute atomic E-state index is 0.270. The first-order chi connectivity index (χ1) is 9.33. The fourth-order valence-electron chi connectivity index (χ4n) is 1.86. The highest BCUT2D eigenvalue weighted by Crippen LogP contribution is 2.24. The van der Waals surface area contributed by atoms with Crippen molar-refractivity contribution in [1.82, 2.24) is 10.6 Å². The Morgan fingerprint density at radius 2 is 2.00 bits per heavy atom. The third-order valence-corrected chi connectivity index (χ3v) is 3.14. The van der Waals surface area contributed by atoms with Gasteiger partial charge >= 0.3 is 6.03 Å². The van der Waals surface area contributed by atoms with E-state index in [-0.39, 0.29) is 11.8 Å². The molecule has 0 saturated carbocycles. The zero-order valence-electron chi connectivity index (χ0n) is 12.2. The van der Waals surface area contributed by atoms with Crippen LogP contribution in [0.2, 0.25) is 0 Å². The van der Waals surface area contributed by atoms with Gasteiger partial charge in [-0.3, -0.25) is 0 Å². The third-order valence-electron chi connectivity index (χ3n) is 3.14. The maximum Gasteiger partial charge on any atom is 0.314 e. The first kappa shape index (κ1) is 16.4. The molecule has 0 aromatic heterocycles. The first-order valence-corrected chi connectivity index (χ1v) is 6.77. The molecule has 1 unspecified atom stereocenters. The van der Waals surface area contributed by atoms with Crippen LogP contribution in [-0.2, 0) is 5.41 Å².